The van der Waals surface area contributed by atoms with Gasteiger partial charge in [-0.25, -0.2) is 0 Å². The zero-order chi connectivity index (χ0) is 11.4. The number of aliphatic hydroxyl groups excluding tert-OH is 2. The van der Waals surface area contributed by atoms with E-state index in [2.05, 4.69) is 32.7 Å². The molecule has 0 spiro atoms. The minimum atomic E-state index is -1.70. The zero-order valence-corrected chi connectivity index (χ0v) is 12.0. The van der Waals surface area contributed by atoms with E-state index in [1.807, 2.05) is 0 Å². The second-order valence-corrected chi connectivity index (χ2v) is 14.4. The summed E-state index contributed by atoms with van der Waals surface area (Å²) in [5, 5.41) is 18.0. The molecule has 3 nitrogen and oxygen atoms in total. The van der Waals surface area contributed by atoms with Crippen LogP contribution in [0, 0.1) is 5.92 Å². The molecule has 0 aliphatic rings. The Hall–Kier alpha value is 0.314. The summed E-state index contributed by atoms with van der Waals surface area (Å²) in [6.07, 6.45) is 0. The van der Waals surface area contributed by atoms with Crippen LogP contribution in [0.1, 0.15) is 0 Å². The van der Waals surface area contributed by atoms with Crippen molar-refractivity contribution in [1.82, 2.24) is 0 Å². The maximum atomic E-state index is 9.01. The van der Waals surface area contributed by atoms with Crippen LogP contribution in [-0.2, 0) is 4.12 Å². The first-order valence-corrected chi connectivity index (χ1v) is 11.6. The molecule has 0 heterocycles. The van der Waals surface area contributed by atoms with Crippen LogP contribution in [0.15, 0.2) is 0 Å². The van der Waals surface area contributed by atoms with E-state index in [0.717, 1.165) is 6.04 Å². The molecule has 14 heavy (non-hydrogen) atoms. The first-order valence-electron chi connectivity index (χ1n) is 5.12. The molecule has 0 aromatic carbocycles. The summed E-state index contributed by atoms with van der Waals surface area (Å²) in [4.78, 5) is 0. The van der Waals surface area contributed by atoms with Crippen LogP contribution >= 0.6 is 0 Å². The molecule has 0 amide bonds. The lowest BCUT2D eigenvalue weighted by atomic mass is 10.2. The van der Waals surface area contributed by atoms with Crippen molar-refractivity contribution in [2.75, 3.05) is 13.2 Å². The van der Waals surface area contributed by atoms with Crippen LogP contribution < -0.4 is 0 Å². The van der Waals surface area contributed by atoms with E-state index in [9.17, 15) is 0 Å². The Morgan fingerprint density at radius 3 is 1.71 bits per heavy atom. The summed E-state index contributed by atoms with van der Waals surface area (Å²) in [5.41, 5.74) is 0. The summed E-state index contributed by atoms with van der Waals surface area (Å²) in [5.74, 6) is -0.00647. The lowest BCUT2D eigenvalue weighted by Crippen LogP contribution is -2.44. The Morgan fingerprint density at radius 1 is 1.00 bits per heavy atom. The quantitative estimate of drug-likeness (QED) is 0.689. The van der Waals surface area contributed by atoms with Gasteiger partial charge in [-0.2, -0.15) is 0 Å². The summed E-state index contributed by atoms with van der Waals surface area (Å²) >= 11 is 0. The summed E-state index contributed by atoms with van der Waals surface area (Å²) in [7, 11) is -3.19. The molecule has 0 aliphatic heterocycles. The van der Waals surface area contributed by atoms with E-state index in [4.69, 9.17) is 14.3 Å². The monoisotopic (exact) mass is 236 g/mol. The molecule has 0 rings (SSSR count). The lowest BCUT2D eigenvalue weighted by Gasteiger charge is -2.33. The second-order valence-electron chi connectivity index (χ2n) is 5.41. The molecule has 0 aliphatic carbocycles. The van der Waals surface area contributed by atoms with E-state index in [-0.39, 0.29) is 19.1 Å². The molecule has 0 bridgehead atoms. The first-order chi connectivity index (χ1) is 6.20. The molecule has 0 aromatic rings. The fraction of sp³-hybridized carbons (Fsp3) is 1.00. The van der Waals surface area contributed by atoms with E-state index < -0.39 is 16.6 Å². The molecular formula is C9H24O3Si2. The molecular weight excluding hydrogens is 212 g/mol. The summed E-state index contributed by atoms with van der Waals surface area (Å²) in [6.45, 7) is 11.0. The van der Waals surface area contributed by atoms with Gasteiger partial charge in [0.05, 0.1) is 0 Å². The third-order valence-corrected chi connectivity index (χ3v) is 8.10. The number of hydrogen-bond acceptors (Lipinski definition) is 3. The van der Waals surface area contributed by atoms with Gasteiger partial charge in [0.2, 0.25) is 0 Å². The molecule has 0 unspecified atom stereocenters. The molecule has 0 fully saturated rings. The Bertz CT molecular complexity index is 162. The van der Waals surface area contributed by atoms with Gasteiger partial charge >= 0.3 is 0 Å². The fourth-order valence-corrected chi connectivity index (χ4v) is 10.4. The Kier molecular flexibility index (Phi) is 5.53. The van der Waals surface area contributed by atoms with Crippen LogP contribution in [0.2, 0.25) is 38.8 Å². The van der Waals surface area contributed by atoms with E-state index >= 15 is 0 Å². The van der Waals surface area contributed by atoms with Crippen LogP contribution in [0.4, 0.5) is 0 Å². The van der Waals surface area contributed by atoms with Gasteiger partial charge < -0.3 is 14.3 Å². The van der Waals surface area contributed by atoms with Gasteiger partial charge in [-0.15, -0.1) is 0 Å². The molecule has 86 valence electrons. The largest absolute Gasteiger partial charge is 0.456 e. The fourth-order valence-electron chi connectivity index (χ4n) is 1.75. The smallest absolute Gasteiger partial charge is 0.173 e. The van der Waals surface area contributed by atoms with E-state index in [1.54, 1.807) is 0 Å². The van der Waals surface area contributed by atoms with E-state index in [1.165, 1.54) is 0 Å². The van der Waals surface area contributed by atoms with Crippen LogP contribution in [0.25, 0.3) is 0 Å². The minimum Gasteiger partial charge on any atom is -0.456 e. The second kappa shape index (κ2) is 5.41. The molecule has 0 radical (unpaired) electrons. The highest BCUT2D eigenvalue weighted by atomic mass is 28.4. The third kappa shape index (κ3) is 6.72. The van der Waals surface area contributed by atoms with Crippen molar-refractivity contribution in [1.29, 1.82) is 0 Å². The topological polar surface area (TPSA) is 49.7 Å². The predicted octanol–water partition coefficient (Wildman–Crippen LogP) is 1.64. The van der Waals surface area contributed by atoms with Crippen molar-refractivity contribution in [3.8, 4) is 0 Å². The van der Waals surface area contributed by atoms with Gasteiger partial charge in [-0.1, -0.05) is 0 Å². The first kappa shape index (κ1) is 14.3. The Balaban J connectivity index is 4.18. The van der Waals surface area contributed by atoms with Crippen molar-refractivity contribution < 1.29 is 14.3 Å². The molecule has 0 atom stereocenters. The molecule has 0 saturated carbocycles. The third-order valence-electron chi connectivity index (χ3n) is 1.88. The van der Waals surface area contributed by atoms with Crippen molar-refractivity contribution in [2.24, 2.45) is 5.92 Å². The lowest BCUT2D eigenvalue weighted by molar-refractivity contribution is 0.159. The predicted molar refractivity (Wildman–Crippen MR) is 64.4 cm³/mol. The highest BCUT2D eigenvalue weighted by Gasteiger charge is 2.31. The molecule has 5 heteroatoms. The van der Waals surface area contributed by atoms with Gasteiger partial charge in [0.15, 0.2) is 16.6 Å². The van der Waals surface area contributed by atoms with Crippen molar-refractivity contribution in [2.45, 2.75) is 38.8 Å². The summed E-state index contributed by atoms with van der Waals surface area (Å²) < 4.78 is 6.11. The molecule has 0 saturated heterocycles. The average Bonchev–Trinajstić information content (AvgIpc) is 1.95. The van der Waals surface area contributed by atoms with Gasteiger partial charge in [0, 0.05) is 19.1 Å². The summed E-state index contributed by atoms with van der Waals surface area (Å²) in [6, 6.07) is 0.838. The van der Waals surface area contributed by atoms with Crippen molar-refractivity contribution in [3.63, 3.8) is 0 Å². The van der Waals surface area contributed by atoms with Crippen LogP contribution in [0.5, 0.6) is 0 Å². The number of hydrogen-bond donors (Lipinski definition) is 2. The van der Waals surface area contributed by atoms with E-state index in [0.29, 0.717) is 0 Å². The molecule has 0 aromatic heterocycles. The van der Waals surface area contributed by atoms with Gasteiger partial charge in [0.1, 0.15) is 0 Å². The van der Waals surface area contributed by atoms with Gasteiger partial charge in [0.25, 0.3) is 0 Å². The Labute approximate surface area is 89.4 Å². The molecule has 2 N–H and O–H groups in total. The standard InChI is InChI=1S/C9H24O3Si2/c1-13(2,3)12-14(4,5)8-9(6-10)7-11/h9-11H,6-8H2,1-5H3. The van der Waals surface area contributed by atoms with Gasteiger partial charge in [-0.3, -0.25) is 0 Å². The SMILES string of the molecule is C[Si](C)(C)O[Si](C)(C)CC(CO)CO. The highest BCUT2D eigenvalue weighted by Crippen LogP contribution is 2.22. The van der Waals surface area contributed by atoms with Crippen LogP contribution in [0.3, 0.4) is 0 Å². The highest BCUT2D eigenvalue weighted by molar-refractivity contribution is 6.84. The zero-order valence-electron chi connectivity index (χ0n) is 10.0. The maximum Gasteiger partial charge on any atom is 0.173 e. The minimum absolute atomic E-state index is 0.00647. The van der Waals surface area contributed by atoms with Crippen LogP contribution in [-0.4, -0.2) is 40.1 Å². The maximum absolute atomic E-state index is 9.01. The number of rotatable bonds is 6. The number of aliphatic hydroxyl groups is 2. The average molecular weight is 236 g/mol. The van der Waals surface area contributed by atoms with Crippen molar-refractivity contribution >= 4 is 16.6 Å². The Morgan fingerprint density at radius 2 is 1.43 bits per heavy atom. The normalized spacial score (nSPS) is 13.7. The van der Waals surface area contributed by atoms with Gasteiger partial charge in [-0.05, 0) is 38.8 Å². The van der Waals surface area contributed by atoms with Crippen molar-refractivity contribution in [3.05, 3.63) is 0 Å².